The van der Waals surface area contributed by atoms with Crippen LogP contribution in [0.25, 0.3) is 21.5 Å². The highest BCUT2D eigenvalue weighted by Crippen LogP contribution is 2.31. The highest BCUT2D eigenvalue weighted by molar-refractivity contribution is 7.18. The quantitative estimate of drug-likeness (QED) is 0.377. The monoisotopic (exact) mass is 452 g/mol. The van der Waals surface area contributed by atoms with Gasteiger partial charge < -0.3 is 15.5 Å². The Kier molecular flexibility index (Phi) is 5.54. The minimum atomic E-state index is -4.59. The van der Waals surface area contributed by atoms with Crippen LogP contribution in [0.3, 0.4) is 0 Å². The minimum Gasteiger partial charge on any atom is -0.408 e. The SMILES string of the molecule is NC(CNc1ncc(-c2ccc3[nH]c(=O)oc3c2)s1)Cc1ccc(C(F)(F)F)cc1F. The number of alkyl halides is 3. The lowest BCUT2D eigenvalue weighted by Crippen LogP contribution is -2.31. The van der Waals surface area contributed by atoms with Gasteiger partial charge >= 0.3 is 11.9 Å². The van der Waals surface area contributed by atoms with Crippen molar-refractivity contribution < 1.29 is 22.0 Å². The summed E-state index contributed by atoms with van der Waals surface area (Å²) in [4.78, 5) is 18.9. The van der Waals surface area contributed by atoms with Crippen LogP contribution in [0.4, 0.5) is 22.7 Å². The summed E-state index contributed by atoms with van der Waals surface area (Å²) in [6.45, 7) is 0.249. The Morgan fingerprint density at radius 1 is 1.23 bits per heavy atom. The third kappa shape index (κ3) is 4.78. The molecule has 6 nitrogen and oxygen atoms in total. The molecule has 4 N–H and O–H groups in total. The number of halogens is 4. The van der Waals surface area contributed by atoms with Crippen molar-refractivity contribution in [2.75, 3.05) is 11.9 Å². The lowest BCUT2D eigenvalue weighted by atomic mass is 10.0. The molecule has 0 saturated carbocycles. The Morgan fingerprint density at radius 3 is 2.77 bits per heavy atom. The average molecular weight is 452 g/mol. The second-order valence-corrected chi connectivity index (χ2v) is 7.93. The summed E-state index contributed by atoms with van der Waals surface area (Å²) >= 11 is 1.35. The fourth-order valence-electron chi connectivity index (χ4n) is 3.05. The summed E-state index contributed by atoms with van der Waals surface area (Å²) in [6, 6.07) is 7.17. The number of aromatic amines is 1. The molecule has 0 radical (unpaired) electrons. The first-order valence-electron chi connectivity index (χ1n) is 9.13. The molecule has 0 amide bonds. The molecule has 0 spiro atoms. The molecule has 0 aliphatic rings. The van der Waals surface area contributed by atoms with Gasteiger partial charge in [0.15, 0.2) is 10.7 Å². The van der Waals surface area contributed by atoms with E-state index in [1.165, 1.54) is 11.3 Å². The second kappa shape index (κ2) is 8.16. The number of benzene rings is 2. The van der Waals surface area contributed by atoms with Gasteiger partial charge in [0.05, 0.1) is 16.0 Å². The molecular formula is C20H16F4N4O2S. The highest BCUT2D eigenvalue weighted by Gasteiger charge is 2.31. The maximum absolute atomic E-state index is 14.0. The van der Waals surface area contributed by atoms with Crippen LogP contribution in [-0.2, 0) is 12.6 Å². The van der Waals surface area contributed by atoms with Crippen LogP contribution in [0.5, 0.6) is 0 Å². The summed E-state index contributed by atoms with van der Waals surface area (Å²) in [5.74, 6) is -1.47. The van der Waals surface area contributed by atoms with Gasteiger partial charge in [0.2, 0.25) is 0 Å². The zero-order chi connectivity index (χ0) is 22.2. The van der Waals surface area contributed by atoms with Crippen molar-refractivity contribution in [2.45, 2.75) is 18.6 Å². The second-order valence-electron chi connectivity index (χ2n) is 6.90. The molecule has 162 valence electrons. The molecule has 2 heterocycles. The van der Waals surface area contributed by atoms with E-state index in [9.17, 15) is 22.4 Å². The number of fused-ring (bicyclic) bond motifs is 1. The average Bonchev–Trinajstić information content (AvgIpc) is 3.32. The Hall–Kier alpha value is -3.18. The van der Waals surface area contributed by atoms with Crippen LogP contribution in [0.2, 0.25) is 0 Å². The van der Waals surface area contributed by atoms with E-state index in [0.717, 1.165) is 22.6 Å². The Labute approximate surface area is 176 Å². The molecule has 0 aliphatic heterocycles. The van der Waals surface area contributed by atoms with E-state index in [-0.39, 0.29) is 18.5 Å². The first kappa shape index (κ1) is 21.1. The van der Waals surface area contributed by atoms with Crippen molar-refractivity contribution in [1.29, 1.82) is 0 Å². The zero-order valence-electron chi connectivity index (χ0n) is 15.8. The molecule has 1 atom stereocenters. The van der Waals surface area contributed by atoms with Crippen LogP contribution >= 0.6 is 11.3 Å². The van der Waals surface area contributed by atoms with Gasteiger partial charge in [-0.2, -0.15) is 13.2 Å². The molecule has 0 fully saturated rings. The van der Waals surface area contributed by atoms with Crippen LogP contribution in [0.1, 0.15) is 11.1 Å². The maximum Gasteiger partial charge on any atom is 0.417 e. The molecule has 1 unspecified atom stereocenters. The summed E-state index contributed by atoms with van der Waals surface area (Å²) in [5.41, 5.74) is 6.94. The smallest absolute Gasteiger partial charge is 0.408 e. The number of hydrogen-bond donors (Lipinski definition) is 3. The van der Waals surface area contributed by atoms with Gasteiger partial charge in [-0.15, -0.1) is 0 Å². The first-order valence-corrected chi connectivity index (χ1v) is 9.95. The third-order valence-corrected chi connectivity index (χ3v) is 5.59. The molecule has 0 bridgehead atoms. The summed E-state index contributed by atoms with van der Waals surface area (Å²) < 4.78 is 57.0. The number of nitrogens with one attached hydrogen (secondary N) is 2. The van der Waals surface area contributed by atoms with E-state index < -0.39 is 29.4 Å². The number of nitrogens with two attached hydrogens (primary N) is 1. The van der Waals surface area contributed by atoms with Gasteiger partial charge in [-0.3, -0.25) is 4.98 Å². The van der Waals surface area contributed by atoms with Crippen molar-refractivity contribution in [3.63, 3.8) is 0 Å². The number of hydrogen-bond acceptors (Lipinski definition) is 6. The molecule has 0 aliphatic carbocycles. The third-order valence-electron chi connectivity index (χ3n) is 4.59. The van der Waals surface area contributed by atoms with Crippen LogP contribution in [0.15, 0.2) is 51.8 Å². The highest BCUT2D eigenvalue weighted by atomic mass is 32.1. The van der Waals surface area contributed by atoms with Gasteiger partial charge in [0, 0.05) is 18.8 Å². The Morgan fingerprint density at radius 2 is 2.03 bits per heavy atom. The molecule has 4 rings (SSSR count). The summed E-state index contributed by atoms with van der Waals surface area (Å²) in [5, 5.41) is 3.63. The maximum atomic E-state index is 14.0. The largest absolute Gasteiger partial charge is 0.417 e. The Bertz CT molecular complexity index is 1280. The van der Waals surface area contributed by atoms with E-state index in [0.29, 0.717) is 22.3 Å². The van der Waals surface area contributed by atoms with Gasteiger partial charge in [0.1, 0.15) is 5.82 Å². The van der Waals surface area contributed by atoms with Crippen molar-refractivity contribution in [1.82, 2.24) is 9.97 Å². The summed E-state index contributed by atoms with van der Waals surface area (Å²) in [7, 11) is 0. The van der Waals surface area contributed by atoms with Gasteiger partial charge in [-0.1, -0.05) is 23.5 Å². The van der Waals surface area contributed by atoms with E-state index in [1.54, 1.807) is 18.3 Å². The molecule has 0 saturated heterocycles. The van der Waals surface area contributed by atoms with E-state index in [2.05, 4.69) is 15.3 Å². The predicted octanol–water partition coefficient (Wildman–Crippen LogP) is 4.38. The number of thiazole rings is 1. The normalized spacial score (nSPS) is 12.9. The zero-order valence-corrected chi connectivity index (χ0v) is 16.6. The molecule has 2 aromatic carbocycles. The van der Waals surface area contributed by atoms with E-state index in [4.69, 9.17) is 10.2 Å². The van der Waals surface area contributed by atoms with E-state index >= 15 is 0 Å². The fraction of sp³-hybridized carbons (Fsp3) is 0.200. The van der Waals surface area contributed by atoms with Crippen LogP contribution in [0, 0.1) is 5.82 Å². The van der Waals surface area contributed by atoms with Crippen molar-refractivity contribution in [3.8, 4) is 10.4 Å². The number of H-pyrrole nitrogens is 1. The fourth-order valence-corrected chi connectivity index (χ4v) is 3.87. The van der Waals surface area contributed by atoms with Gasteiger partial charge in [-0.25, -0.2) is 14.2 Å². The standard InChI is InChI=1S/C20H16F4N4O2S/c21-14-7-12(20(22,23)24)3-1-10(14)5-13(25)8-26-18-27-9-17(31-18)11-2-4-15-16(6-11)30-19(29)28-15/h1-4,6-7,9,13H,5,8,25H2,(H,26,27)(H,28,29). The molecule has 31 heavy (non-hydrogen) atoms. The minimum absolute atomic E-state index is 0.0678. The molecular weight excluding hydrogens is 436 g/mol. The number of anilines is 1. The number of oxazole rings is 1. The van der Waals surface area contributed by atoms with Crippen molar-refractivity contribution >= 4 is 27.6 Å². The van der Waals surface area contributed by atoms with Crippen molar-refractivity contribution in [2.24, 2.45) is 5.73 Å². The molecule has 2 aromatic heterocycles. The molecule has 4 aromatic rings. The lowest BCUT2D eigenvalue weighted by Gasteiger charge is -2.14. The van der Waals surface area contributed by atoms with Crippen LogP contribution in [-0.4, -0.2) is 22.6 Å². The first-order chi connectivity index (χ1) is 14.7. The van der Waals surface area contributed by atoms with Crippen LogP contribution < -0.4 is 16.8 Å². The van der Waals surface area contributed by atoms with Gasteiger partial charge in [-0.05, 0) is 41.8 Å². The molecule has 11 heteroatoms. The number of aromatic nitrogens is 2. The van der Waals surface area contributed by atoms with Gasteiger partial charge in [0.25, 0.3) is 0 Å². The van der Waals surface area contributed by atoms with E-state index in [1.807, 2.05) is 6.07 Å². The number of nitrogens with zero attached hydrogens (tertiary/aromatic N) is 1. The predicted molar refractivity (Wildman–Crippen MR) is 110 cm³/mol. The van der Waals surface area contributed by atoms with Crippen molar-refractivity contribution in [3.05, 3.63) is 70.1 Å². The Balaban J connectivity index is 1.38. The summed E-state index contributed by atoms with van der Waals surface area (Å²) in [6.07, 6.45) is -2.87. The topological polar surface area (TPSA) is 96.9 Å². The lowest BCUT2D eigenvalue weighted by molar-refractivity contribution is -0.137. The number of rotatable bonds is 6.